The molecule has 0 fully saturated rings. The first-order valence-corrected chi connectivity index (χ1v) is 8.59. The highest BCUT2D eigenvalue weighted by Gasteiger charge is 2.06. The van der Waals surface area contributed by atoms with Crippen molar-refractivity contribution in [3.05, 3.63) is 59.1 Å². The molecule has 0 aromatic heterocycles. The van der Waals surface area contributed by atoms with Crippen LogP contribution in [0.3, 0.4) is 0 Å². The molecule has 2 aromatic rings. The fourth-order valence-electron chi connectivity index (χ4n) is 1.97. The van der Waals surface area contributed by atoms with Gasteiger partial charge in [-0.2, -0.15) is 5.10 Å². The summed E-state index contributed by atoms with van der Waals surface area (Å²) in [6.45, 7) is 3.39. The van der Waals surface area contributed by atoms with Gasteiger partial charge in [0.1, 0.15) is 5.75 Å². The Kier molecular flexibility index (Phi) is 7.63. The Morgan fingerprint density at radius 2 is 1.85 bits per heavy atom. The summed E-state index contributed by atoms with van der Waals surface area (Å²) < 4.78 is 10.3. The van der Waals surface area contributed by atoms with Crippen molar-refractivity contribution < 1.29 is 19.1 Å². The summed E-state index contributed by atoms with van der Waals surface area (Å²) in [4.78, 5) is 23.2. The van der Waals surface area contributed by atoms with Crippen LogP contribution in [0.25, 0.3) is 0 Å². The van der Waals surface area contributed by atoms with Gasteiger partial charge in [0.15, 0.2) is 6.61 Å². The van der Waals surface area contributed by atoms with E-state index in [0.29, 0.717) is 16.5 Å². The number of nitrogens with zero attached hydrogens (tertiary/aromatic N) is 1. The molecule has 142 valence electrons. The number of carbonyl (C=O) groups is 2. The number of esters is 1. The van der Waals surface area contributed by atoms with Crippen molar-refractivity contribution in [1.82, 2.24) is 5.43 Å². The minimum absolute atomic E-state index is 0.157. The second kappa shape index (κ2) is 10.2. The molecule has 0 atom stereocenters. The predicted molar refractivity (Wildman–Crippen MR) is 104 cm³/mol. The Hall–Kier alpha value is -3.06. The van der Waals surface area contributed by atoms with Crippen molar-refractivity contribution in [2.45, 2.75) is 20.0 Å². The molecule has 0 unspecified atom stereocenters. The second-order valence-corrected chi connectivity index (χ2v) is 6.11. The van der Waals surface area contributed by atoms with Crippen molar-refractivity contribution >= 4 is 35.5 Å². The van der Waals surface area contributed by atoms with E-state index in [9.17, 15) is 9.59 Å². The number of anilines is 1. The predicted octanol–water partition coefficient (Wildman–Crippen LogP) is 3.83. The van der Waals surface area contributed by atoms with Crippen LogP contribution in [0.1, 0.15) is 19.4 Å². The molecule has 2 rings (SSSR count). The number of rotatable bonds is 7. The third-order valence-corrected chi connectivity index (χ3v) is 3.44. The lowest BCUT2D eigenvalue weighted by molar-refractivity contribution is -0.149. The Labute approximate surface area is 162 Å². The summed E-state index contributed by atoms with van der Waals surface area (Å²) in [6, 6.07) is 13.2. The van der Waals surface area contributed by atoms with Gasteiger partial charge in [0, 0.05) is 0 Å². The molecule has 27 heavy (non-hydrogen) atoms. The maximum Gasteiger partial charge on any atom is 0.344 e. The first-order valence-electron chi connectivity index (χ1n) is 8.21. The number of carbonyl (C=O) groups excluding carboxylic acids is 2. The number of amides is 2. The van der Waals surface area contributed by atoms with E-state index in [1.165, 1.54) is 6.21 Å². The van der Waals surface area contributed by atoms with Gasteiger partial charge in [-0.15, -0.1) is 0 Å². The SMILES string of the molecule is CC(C)OC(=O)COc1ccc(/C=N/NC(=O)Nc2ccccc2Cl)cc1. The lowest BCUT2D eigenvalue weighted by Crippen LogP contribution is -2.24. The van der Waals surface area contributed by atoms with E-state index in [1.54, 1.807) is 62.4 Å². The van der Waals surface area contributed by atoms with E-state index < -0.39 is 12.0 Å². The van der Waals surface area contributed by atoms with Gasteiger partial charge in [0.25, 0.3) is 0 Å². The van der Waals surface area contributed by atoms with Gasteiger partial charge in [-0.05, 0) is 55.8 Å². The summed E-state index contributed by atoms with van der Waals surface area (Å²) in [6.07, 6.45) is 1.30. The van der Waals surface area contributed by atoms with E-state index >= 15 is 0 Å². The Bertz CT molecular complexity index is 807. The number of benzene rings is 2. The fourth-order valence-corrected chi connectivity index (χ4v) is 2.15. The van der Waals surface area contributed by atoms with Crippen LogP contribution in [-0.4, -0.2) is 30.9 Å². The quantitative estimate of drug-likeness (QED) is 0.428. The molecule has 0 saturated carbocycles. The summed E-state index contributed by atoms with van der Waals surface area (Å²) in [7, 11) is 0. The van der Waals surface area contributed by atoms with E-state index in [1.807, 2.05) is 0 Å². The first kappa shape index (κ1) is 20.3. The van der Waals surface area contributed by atoms with Crippen LogP contribution in [0.15, 0.2) is 53.6 Å². The number of para-hydroxylation sites is 1. The smallest absolute Gasteiger partial charge is 0.344 e. The third kappa shape index (κ3) is 7.37. The van der Waals surface area contributed by atoms with Crippen LogP contribution < -0.4 is 15.5 Å². The monoisotopic (exact) mass is 389 g/mol. The second-order valence-electron chi connectivity index (χ2n) is 5.70. The van der Waals surface area contributed by atoms with Gasteiger partial charge in [0.05, 0.1) is 23.0 Å². The molecule has 0 spiro atoms. The van der Waals surface area contributed by atoms with Crippen molar-refractivity contribution in [2.24, 2.45) is 5.10 Å². The normalized spacial score (nSPS) is 10.7. The van der Waals surface area contributed by atoms with Gasteiger partial charge in [0.2, 0.25) is 0 Å². The standard InChI is InChI=1S/C19H20ClN3O4/c1-13(2)27-18(24)12-26-15-9-7-14(8-10-15)11-21-23-19(25)22-17-6-4-3-5-16(17)20/h3-11,13H,12H2,1-2H3,(H2,22,23,25)/b21-11+. The zero-order valence-electron chi connectivity index (χ0n) is 14.9. The van der Waals surface area contributed by atoms with Gasteiger partial charge >= 0.3 is 12.0 Å². The molecule has 7 nitrogen and oxygen atoms in total. The minimum Gasteiger partial charge on any atom is -0.482 e. The van der Waals surface area contributed by atoms with Crippen molar-refractivity contribution in [1.29, 1.82) is 0 Å². The Morgan fingerprint density at radius 3 is 2.52 bits per heavy atom. The molecule has 0 radical (unpaired) electrons. The maximum atomic E-state index is 11.8. The maximum absolute atomic E-state index is 11.8. The zero-order chi connectivity index (χ0) is 19.6. The fraction of sp³-hybridized carbons (Fsp3) is 0.211. The van der Waals surface area contributed by atoms with Crippen LogP contribution >= 0.6 is 11.6 Å². The average Bonchev–Trinajstić information content (AvgIpc) is 2.62. The number of hydrogen-bond acceptors (Lipinski definition) is 5. The number of hydrogen-bond donors (Lipinski definition) is 2. The highest BCUT2D eigenvalue weighted by Crippen LogP contribution is 2.20. The third-order valence-electron chi connectivity index (χ3n) is 3.11. The molecule has 0 saturated heterocycles. The molecular weight excluding hydrogens is 370 g/mol. The van der Waals surface area contributed by atoms with Gasteiger partial charge in [-0.25, -0.2) is 15.0 Å². The highest BCUT2D eigenvalue weighted by atomic mass is 35.5. The lowest BCUT2D eigenvalue weighted by atomic mass is 10.2. The van der Waals surface area contributed by atoms with Crippen LogP contribution in [-0.2, 0) is 9.53 Å². The number of hydrazone groups is 1. The zero-order valence-corrected chi connectivity index (χ0v) is 15.7. The topological polar surface area (TPSA) is 89.0 Å². The molecular formula is C19H20ClN3O4. The lowest BCUT2D eigenvalue weighted by Gasteiger charge is -2.09. The van der Waals surface area contributed by atoms with Gasteiger partial charge < -0.3 is 14.8 Å². The van der Waals surface area contributed by atoms with Crippen LogP contribution in [0, 0.1) is 0 Å². The molecule has 0 aliphatic rings. The molecule has 0 aliphatic heterocycles. The molecule has 0 heterocycles. The van der Waals surface area contributed by atoms with Gasteiger partial charge in [-0.3, -0.25) is 0 Å². The highest BCUT2D eigenvalue weighted by molar-refractivity contribution is 6.33. The number of urea groups is 1. The summed E-state index contributed by atoms with van der Waals surface area (Å²) in [5.41, 5.74) is 3.58. The number of halogens is 1. The number of ether oxygens (including phenoxy) is 2. The summed E-state index contributed by atoms with van der Waals surface area (Å²) in [5.74, 6) is 0.0987. The number of nitrogens with one attached hydrogen (secondary N) is 2. The van der Waals surface area contributed by atoms with E-state index in [4.69, 9.17) is 21.1 Å². The molecule has 0 bridgehead atoms. The minimum atomic E-state index is -0.511. The first-order chi connectivity index (χ1) is 12.9. The summed E-state index contributed by atoms with van der Waals surface area (Å²) in [5, 5.41) is 6.88. The van der Waals surface area contributed by atoms with Crippen LogP contribution in [0.4, 0.5) is 10.5 Å². The van der Waals surface area contributed by atoms with Crippen molar-refractivity contribution in [2.75, 3.05) is 11.9 Å². The van der Waals surface area contributed by atoms with E-state index in [2.05, 4.69) is 15.8 Å². The van der Waals surface area contributed by atoms with Crippen LogP contribution in [0.2, 0.25) is 5.02 Å². The Balaban J connectivity index is 1.79. The van der Waals surface area contributed by atoms with Gasteiger partial charge in [-0.1, -0.05) is 23.7 Å². The molecule has 2 amide bonds. The Morgan fingerprint density at radius 1 is 1.15 bits per heavy atom. The largest absolute Gasteiger partial charge is 0.482 e. The van der Waals surface area contributed by atoms with Crippen LogP contribution in [0.5, 0.6) is 5.75 Å². The van der Waals surface area contributed by atoms with Crippen molar-refractivity contribution in [3.63, 3.8) is 0 Å². The summed E-state index contributed by atoms with van der Waals surface area (Å²) >= 11 is 5.96. The molecule has 0 aliphatic carbocycles. The van der Waals surface area contributed by atoms with E-state index in [0.717, 1.165) is 5.56 Å². The molecule has 8 heteroatoms. The van der Waals surface area contributed by atoms with Crippen molar-refractivity contribution in [3.8, 4) is 5.75 Å². The molecule has 2 N–H and O–H groups in total. The molecule has 2 aromatic carbocycles. The average molecular weight is 390 g/mol. The van der Waals surface area contributed by atoms with E-state index in [-0.39, 0.29) is 12.7 Å².